The van der Waals surface area contributed by atoms with Crippen LogP contribution in [0.25, 0.3) is 0 Å². The van der Waals surface area contributed by atoms with E-state index in [1.807, 2.05) is 11.1 Å². The Balaban J connectivity index is 1.80. The van der Waals surface area contributed by atoms with Crippen molar-refractivity contribution in [3.8, 4) is 0 Å². The summed E-state index contributed by atoms with van der Waals surface area (Å²) >= 11 is 0. The van der Waals surface area contributed by atoms with Gasteiger partial charge < -0.3 is 0 Å². The van der Waals surface area contributed by atoms with E-state index in [-0.39, 0.29) is 0 Å². The van der Waals surface area contributed by atoms with E-state index >= 15 is 0 Å². The lowest BCUT2D eigenvalue weighted by Gasteiger charge is -2.06. The van der Waals surface area contributed by atoms with Crippen molar-refractivity contribution in [2.45, 2.75) is 38.5 Å². The molecule has 0 N–H and O–H groups in total. The van der Waals surface area contributed by atoms with E-state index in [4.69, 9.17) is 0 Å². The van der Waals surface area contributed by atoms with Gasteiger partial charge in [0, 0.05) is 5.92 Å². The highest BCUT2D eigenvalue weighted by atomic mass is 14.5. The van der Waals surface area contributed by atoms with Gasteiger partial charge in [0.2, 0.25) is 0 Å². The Labute approximate surface area is 62.3 Å². The van der Waals surface area contributed by atoms with Crippen molar-refractivity contribution in [3.05, 3.63) is 11.1 Å². The fourth-order valence-corrected chi connectivity index (χ4v) is 2.59. The zero-order valence-corrected chi connectivity index (χ0v) is 6.40. The molecule has 2 saturated carbocycles. The van der Waals surface area contributed by atoms with Gasteiger partial charge in [-0.25, -0.2) is 0 Å². The third-order valence-electron chi connectivity index (χ3n) is 3.29. The molecule has 0 heterocycles. The Hall–Kier alpha value is -0.260. The molecule has 0 spiro atoms. The van der Waals surface area contributed by atoms with Crippen LogP contribution in [0.3, 0.4) is 0 Å². The average Bonchev–Trinajstić information content (AvgIpc) is 2.81. The molecule has 0 radical (unpaired) electrons. The lowest BCUT2D eigenvalue weighted by atomic mass is 9.99. The fraction of sp³-hybridized carbons (Fsp3) is 0.800. The molecule has 2 fully saturated rings. The van der Waals surface area contributed by atoms with Crippen LogP contribution < -0.4 is 0 Å². The number of fused-ring (bicyclic) bond motifs is 1. The first-order chi connectivity index (χ1) is 4.97. The summed E-state index contributed by atoms with van der Waals surface area (Å²) in [6.45, 7) is 0. The van der Waals surface area contributed by atoms with Crippen molar-refractivity contribution in [3.63, 3.8) is 0 Å². The monoisotopic (exact) mass is 134 g/mol. The maximum Gasteiger partial charge on any atom is 0.00156 e. The number of rotatable bonds is 1. The second-order valence-corrected chi connectivity index (χ2v) is 4.05. The van der Waals surface area contributed by atoms with Gasteiger partial charge in [-0.1, -0.05) is 17.6 Å². The third kappa shape index (κ3) is 0.624. The molecule has 10 heavy (non-hydrogen) atoms. The Morgan fingerprint density at radius 2 is 1.90 bits per heavy atom. The van der Waals surface area contributed by atoms with E-state index in [1.165, 1.54) is 38.5 Å². The molecule has 0 aromatic carbocycles. The molecular formula is C10H14. The lowest BCUT2D eigenvalue weighted by Crippen LogP contribution is -1.91. The summed E-state index contributed by atoms with van der Waals surface area (Å²) in [7, 11) is 0. The van der Waals surface area contributed by atoms with Crippen LogP contribution in [0.1, 0.15) is 38.5 Å². The van der Waals surface area contributed by atoms with Crippen LogP contribution in [-0.2, 0) is 0 Å². The molecule has 0 bridgehead atoms. The van der Waals surface area contributed by atoms with Gasteiger partial charge in [-0.3, -0.25) is 0 Å². The minimum absolute atomic E-state index is 1.06. The third-order valence-corrected chi connectivity index (χ3v) is 3.29. The highest BCUT2D eigenvalue weighted by Crippen LogP contribution is 2.58. The van der Waals surface area contributed by atoms with Crippen LogP contribution in [0.5, 0.6) is 0 Å². The molecule has 3 aliphatic rings. The minimum Gasteiger partial charge on any atom is -0.0629 e. The Kier molecular flexibility index (Phi) is 0.898. The van der Waals surface area contributed by atoms with E-state index in [2.05, 4.69) is 0 Å². The summed E-state index contributed by atoms with van der Waals surface area (Å²) < 4.78 is 0. The first-order valence-corrected chi connectivity index (χ1v) is 4.69. The first kappa shape index (κ1) is 5.40. The summed E-state index contributed by atoms with van der Waals surface area (Å²) in [6.07, 6.45) is 9.02. The average molecular weight is 134 g/mol. The van der Waals surface area contributed by atoms with Gasteiger partial charge >= 0.3 is 0 Å². The van der Waals surface area contributed by atoms with Crippen LogP contribution in [0, 0.1) is 11.8 Å². The Morgan fingerprint density at radius 1 is 1.00 bits per heavy atom. The smallest absolute Gasteiger partial charge is 0.00156 e. The van der Waals surface area contributed by atoms with Gasteiger partial charge in [-0.15, -0.1) is 0 Å². The van der Waals surface area contributed by atoms with E-state index in [0.717, 1.165) is 11.8 Å². The second-order valence-electron chi connectivity index (χ2n) is 4.05. The van der Waals surface area contributed by atoms with Gasteiger partial charge in [0.25, 0.3) is 0 Å². The zero-order valence-electron chi connectivity index (χ0n) is 6.40. The fourth-order valence-electron chi connectivity index (χ4n) is 2.59. The maximum absolute atomic E-state index is 1.93. The molecule has 3 rings (SSSR count). The van der Waals surface area contributed by atoms with Crippen LogP contribution in [0.15, 0.2) is 11.1 Å². The van der Waals surface area contributed by atoms with Gasteiger partial charge in [-0.2, -0.15) is 0 Å². The summed E-state index contributed by atoms with van der Waals surface area (Å²) in [5, 5.41) is 0. The molecule has 54 valence electrons. The molecule has 0 aliphatic heterocycles. The SMILES string of the molecule is C1CC[C@@H]2C(=C2C2CC2)C1. The predicted octanol–water partition coefficient (Wildman–Crippen LogP) is 2.90. The molecule has 3 aliphatic carbocycles. The largest absolute Gasteiger partial charge is 0.0629 e. The van der Waals surface area contributed by atoms with E-state index < -0.39 is 0 Å². The van der Waals surface area contributed by atoms with Crippen molar-refractivity contribution < 1.29 is 0 Å². The van der Waals surface area contributed by atoms with Crippen LogP contribution in [0.4, 0.5) is 0 Å². The Morgan fingerprint density at radius 3 is 2.50 bits per heavy atom. The lowest BCUT2D eigenvalue weighted by molar-refractivity contribution is 0.574. The zero-order chi connectivity index (χ0) is 6.55. The molecule has 0 saturated heterocycles. The Bertz CT molecular complexity index is 196. The molecule has 0 heteroatoms. The van der Waals surface area contributed by atoms with Crippen molar-refractivity contribution in [1.82, 2.24) is 0 Å². The van der Waals surface area contributed by atoms with Gasteiger partial charge in [0.1, 0.15) is 0 Å². The molecule has 0 aromatic heterocycles. The standard InChI is InChI=1S/C10H14/c1-2-4-9-8(3-1)10(9)7-5-6-7/h7-8H,1-6H2/t8-/m1/s1. The summed E-state index contributed by atoms with van der Waals surface area (Å²) in [4.78, 5) is 0. The quantitative estimate of drug-likeness (QED) is 0.484. The predicted molar refractivity (Wildman–Crippen MR) is 41.7 cm³/mol. The van der Waals surface area contributed by atoms with E-state index in [0.29, 0.717) is 0 Å². The summed E-state index contributed by atoms with van der Waals surface area (Å²) in [5.41, 5.74) is 3.83. The van der Waals surface area contributed by atoms with Crippen LogP contribution in [-0.4, -0.2) is 0 Å². The molecule has 0 unspecified atom stereocenters. The molecule has 0 aromatic rings. The molecule has 1 atom stereocenters. The molecule has 0 amide bonds. The van der Waals surface area contributed by atoms with Crippen LogP contribution in [0.2, 0.25) is 0 Å². The molecule has 0 nitrogen and oxygen atoms in total. The normalized spacial score (nSPS) is 37.8. The number of allylic oxidation sites excluding steroid dienone is 2. The van der Waals surface area contributed by atoms with Crippen molar-refractivity contribution in [2.75, 3.05) is 0 Å². The summed E-state index contributed by atoms with van der Waals surface area (Å²) in [6, 6.07) is 0. The van der Waals surface area contributed by atoms with Gasteiger partial charge in [-0.05, 0) is 38.0 Å². The highest BCUT2D eigenvalue weighted by molar-refractivity contribution is 5.45. The number of hydrogen-bond acceptors (Lipinski definition) is 0. The summed E-state index contributed by atoms with van der Waals surface area (Å²) in [5.74, 6) is 2.15. The van der Waals surface area contributed by atoms with Crippen LogP contribution >= 0.6 is 0 Å². The highest BCUT2D eigenvalue weighted by Gasteiger charge is 2.45. The second kappa shape index (κ2) is 1.66. The minimum atomic E-state index is 1.06. The van der Waals surface area contributed by atoms with E-state index in [1.54, 1.807) is 0 Å². The van der Waals surface area contributed by atoms with E-state index in [9.17, 15) is 0 Å². The van der Waals surface area contributed by atoms with Crippen molar-refractivity contribution >= 4 is 0 Å². The number of hydrogen-bond donors (Lipinski definition) is 0. The van der Waals surface area contributed by atoms with Crippen molar-refractivity contribution in [1.29, 1.82) is 0 Å². The maximum atomic E-state index is 1.93. The van der Waals surface area contributed by atoms with Gasteiger partial charge in [0.05, 0.1) is 0 Å². The first-order valence-electron chi connectivity index (χ1n) is 4.69. The topological polar surface area (TPSA) is 0 Å². The van der Waals surface area contributed by atoms with Crippen molar-refractivity contribution in [2.24, 2.45) is 11.8 Å². The van der Waals surface area contributed by atoms with Gasteiger partial charge in [0.15, 0.2) is 0 Å². The molecular weight excluding hydrogens is 120 g/mol.